The molecule has 0 N–H and O–H groups in total. The van der Waals surface area contributed by atoms with Gasteiger partial charge in [-0.3, -0.25) is 14.5 Å². The second kappa shape index (κ2) is 12.1. The third-order valence-corrected chi connectivity index (χ3v) is 7.23. The number of amides is 2. The molecule has 0 bridgehead atoms. The first-order valence-electron chi connectivity index (χ1n) is 11.9. The fourth-order valence-corrected chi connectivity index (χ4v) is 5.13. The highest BCUT2D eigenvalue weighted by atomic mass is 35.5. The minimum Gasteiger partial charge on any atom is -0.491 e. The summed E-state index contributed by atoms with van der Waals surface area (Å²) in [7, 11) is 0. The molecule has 2 amide bonds. The Morgan fingerprint density at radius 3 is 2.45 bits per heavy atom. The van der Waals surface area contributed by atoms with Gasteiger partial charge in [-0.1, -0.05) is 61.3 Å². The van der Waals surface area contributed by atoms with Crippen LogP contribution < -0.4 is 9.47 Å². The Hall–Kier alpha value is -3.26. The van der Waals surface area contributed by atoms with E-state index in [0.717, 1.165) is 28.6 Å². The van der Waals surface area contributed by atoms with E-state index in [1.165, 1.54) is 17.0 Å². The van der Waals surface area contributed by atoms with Crippen LogP contribution in [-0.4, -0.2) is 35.2 Å². The Morgan fingerprint density at radius 2 is 1.76 bits per heavy atom. The molecule has 1 saturated heterocycles. The molecule has 3 aromatic rings. The van der Waals surface area contributed by atoms with Crippen molar-refractivity contribution < 1.29 is 23.9 Å². The van der Waals surface area contributed by atoms with Gasteiger partial charge in [0.1, 0.15) is 18.1 Å². The normalized spacial score (nSPS) is 14.5. The highest BCUT2D eigenvalue weighted by Crippen LogP contribution is 2.33. The molecule has 0 aliphatic carbocycles. The number of esters is 1. The SMILES string of the molecule is Cc1ccc(C(C)C)c(OCCN2C(=O)S/C(=C\c3ccc(OC(=O)c4ccc(Cl)cc4Cl)cc3)C2=O)c1. The van der Waals surface area contributed by atoms with E-state index in [1.54, 1.807) is 36.4 Å². The number of aryl methyl sites for hydroxylation is 1. The number of carbonyl (C=O) groups is 3. The second-order valence-corrected chi connectivity index (χ2v) is 10.8. The molecule has 0 radical (unpaired) electrons. The van der Waals surface area contributed by atoms with Gasteiger partial charge in [-0.05, 0) is 83.8 Å². The molecular weight excluding hydrogens is 545 g/mol. The van der Waals surface area contributed by atoms with E-state index in [-0.39, 0.29) is 40.8 Å². The van der Waals surface area contributed by atoms with Crippen LogP contribution in [0.5, 0.6) is 11.5 Å². The number of thioether (sulfide) groups is 1. The van der Waals surface area contributed by atoms with Gasteiger partial charge in [0.05, 0.1) is 22.0 Å². The van der Waals surface area contributed by atoms with Crippen LogP contribution in [-0.2, 0) is 4.79 Å². The molecule has 1 fully saturated rings. The molecule has 1 aliphatic rings. The molecule has 0 aromatic heterocycles. The molecule has 38 heavy (non-hydrogen) atoms. The fraction of sp³-hybridized carbons (Fsp3) is 0.207. The van der Waals surface area contributed by atoms with Crippen molar-refractivity contribution in [2.24, 2.45) is 0 Å². The topological polar surface area (TPSA) is 72.9 Å². The van der Waals surface area contributed by atoms with E-state index >= 15 is 0 Å². The Labute approximate surface area is 235 Å². The number of hydrogen-bond donors (Lipinski definition) is 0. The van der Waals surface area contributed by atoms with Crippen molar-refractivity contribution >= 4 is 58.2 Å². The number of nitrogens with zero attached hydrogens (tertiary/aromatic N) is 1. The molecule has 0 unspecified atom stereocenters. The maximum absolute atomic E-state index is 12.9. The Morgan fingerprint density at radius 1 is 1.03 bits per heavy atom. The van der Waals surface area contributed by atoms with Crippen LogP contribution in [0.4, 0.5) is 4.79 Å². The van der Waals surface area contributed by atoms with Gasteiger partial charge in [-0.2, -0.15) is 0 Å². The van der Waals surface area contributed by atoms with Gasteiger partial charge in [0.2, 0.25) is 0 Å². The van der Waals surface area contributed by atoms with Crippen LogP contribution >= 0.6 is 35.0 Å². The highest BCUT2D eigenvalue weighted by molar-refractivity contribution is 8.18. The Balaban J connectivity index is 1.37. The van der Waals surface area contributed by atoms with Gasteiger partial charge in [0.25, 0.3) is 11.1 Å². The van der Waals surface area contributed by atoms with E-state index in [1.807, 2.05) is 25.1 Å². The number of benzene rings is 3. The van der Waals surface area contributed by atoms with Crippen LogP contribution in [0.2, 0.25) is 10.0 Å². The molecule has 0 saturated carbocycles. The zero-order chi connectivity index (χ0) is 27.4. The van der Waals surface area contributed by atoms with E-state index in [0.29, 0.717) is 21.2 Å². The summed E-state index contributed by atoms with van der Waals surface area (Å²) >= 11 is 12.8. The highest BCUT2D eigenvalue weighted by Gasteiger charge is 2.34. The molecule has 0 spiro atoms. The number of hydrogen-bond acceptors (Lipinski definition) is 6. The molecule has 9 heteroatoms. The van der Waals surface area contributed by atoms with Gasteiger partial charge >= 0.3 is 5.97 Å². The lowest BCUT2D eigenvalue weighted by Gasteiger charge is -2.17. The second-order valence-electron chi connectivity index (χ2n) is 8.96. The van der Waals surface area contributed by atoms with Gasteiger partial charge in [-0.15, -0.1) is 0 Å². The molecular formula is C29H25Cl2NO5S. The summed E-state index contributed by atoms with van der Waals surface area (Å²) < 4.78 is 11.3. The number of carbonyl (C=O) groups excluding carboxylic acids is 3. The summed E-state index contributed by atoms with van der Waals surface area (Å²) in [6.45, 7) is 6.51. The van der Waals surface area contributed by atoms with E-state index in [2.05, 4.69) is 13.8 Å². The summed E-state index contributed by atoms with van der Waals surface area (Å²) in [5.74, 6) is 0.372. The zero-order valence-electron chi connectivity index (χ0n) is 21.0. The summed E-state index contributed by atoms with van der Waals surface area (Å²) in [6.07, 6.45) is 1.63. The van der Waals surface area contributed by atoms with E-state index < -0.39 is 5.97 Å². The molecule has 1 heterocycles. The lowest BCUT2D eigenvalue weighted by molar-refractivity contribution is -0.123. The summed E-state index contributed by atoms with van der Waals surface area (Å²) in [5.41, 5.74) is 3.03. The minimum atomic E-state index is -0.617. The van der Waals surface area contributed by atoms with Crippen LogP contribution in [0.3, 0.4) is 0 Å². The number of rotatable bonds is 8. The predicted octanol–water partition coefficient (Wildman–Crippen LogP) is 7.76. The van der Waals surface area contributed by atoms with Crippen LogP contribution in [0.15, 0.2) is 65.6 Å². The quantitative estimate of drug-likeness (QED) is 0.157. The summed E-state index contributed by atoms with van der Waals surface area (Å²) in [6, 6.07) is 17.1. The van der Waals surface area contributed by atoms with Crippen LogP contribution in [0, 0.1) is 6.92 Å². The monoisotopic (exact) mass is 569 g/mol. The Kier molecular flexibility index (Phi) is 8.82. The smallest absolute Gasteiger partial charge is 0.345 e. The maximum atomic E-state index is 12.9. The Bertz CT molecular complexity index is 1420. The summed E-state index contributed by atoms with van der Waals surface area (Å²) in [5, 5.41) is 0.266. The van der Waals surface area contributed by atoms with E-state index in [4.69, 9.17) is 32.7 Å². The van der Waals surface area contributed by atoms with Gasteiger partial charge in [-0.25, -0.2) is 4.79 Å². The maximum Gasteiger partial charge on any atom is 0.345 e. The van der Waals surface area contributed by atoms with Crippen LogP contribution in [0.1, 0.15) is 46.8 Å². The first kappa shape index (κ1) is 27.8. The van der Waals surface area contributed by atoms with Gasteiger partial charge < -0.3 is 9.47 Å². The summed E-state index contributed by atoms with van der Waals surface area (Å²) in [4.78, 5) is 39.3. The molecule has 0 atom stereocenters. The van der Waals surface area contributed by atoms with Crippen molar-refractivity contribution in [3.05, 3.63) is 97.9 Å². The first-order valence-corrected chi connectivity index (χ1v) is 13.5. The van der Waals surface area contributed by atoms with Gasteiger partial charge in [0, 0.05) is 5.02 Å². The number of ether oxygens (including phenoxy) is 2. The molecule has 1 aliphatic heterocycles. The molecule has 3 aromatic carbocycles. The van der Waals surface area contributed by atoms with E-state index in [9.17, 15) is 14.4 Å². The van der Waals surface area contributed by atoms with Gasteiger partial charge in [0.15, 0.2) is 0 Å². The molecule has 196 valence electrons. The zero-order valence-corrected chi connectivity index (χ0v) is 23.3. The standard InChI is InChI=1S/C29H25Cl2NO5S/c1-17(2)22-10-4-18(3)14-25(22)36-13-12-32-27(33)26(38-29(32)35)15-19-5-8-21(9-6-19)37-28(34)23-11-7-20(30)16-24(23)31/h4-11,14-17H,12-13H2,1-3H3/b26-15-. The first-order chi connectivity index (χ1) is 18.1. The predicted molar refractivity (Wildman–Crippen MR) is 151 cm³/mol. The largest absolute Gasteiger partial charge is 0.491 e. The number of imide groups is 1. The van der Waals surface area contributed by atoms with Crippen LogP contribution in [0.25, 0.3) is 6.08 Å². The van der Waals surface area contributed by atoms with Crippen molar-refractivity contribution in [3.63, 3.8) is 0 Å². The third kappa shape index (κ3) is 6.59. The average molecular weight is 570 g/mol. The lowest BCUT2D eigenvalue weighted by Crippen LogP contribution is -2.32. The third-order valence-electron chi connectivity index (χ3n) is 5.78. The fourth-order valence-electron chi connectivity index (χ4n) is 3.78. The van der Waals surface area contributed by atoms with Crippen molar-refractivity contribution in [2.75, 3.05) is 13.2 Å². The van der Waals surface area contributed by atoms with Crippen molar-refractivity contribution in [3.8, 4) is 11.5 Å². The van der Waals surface area contributed by atoms with Crippen molar-refractivity contribution in [1.29, 1.82) is 0 Å². The van der Waals surface area contributed by atoms with Crippen molar-refractivity contribution in [2.45, 2.75) is 26.7 Å². The number of halogens is 2. The lowest BCUT2D eigenvalue weighted by atomic mass is 10.0. The molecule has 6 nitrogen and oxygen atoms in total. The average Bonchev–Trinajstić information content (AvgIpc) is 3.12. The molecule has 4 rings (SSSR count). The van der Waals surface area contributed by atoms with Crippen molar-refractivity contribution in [1.82, 2.24) is 4.90 Å². The minimum absolute atomic E-state index is 0.148.